The van der Waals surface area contributed by atoms with Gasteiger partial charge in [0, 0.05) is 0 Å². The van der Waals surface area contributed by atoms with Crippen LogP contribution in [0, 0.1) is 11.6 Å². The second-order valence-corrected chi connectivity index (χ2v) is 4.77. The average molecular weight is 228 g/mol. The summed E-state index contributed by atoms with van der Waals surface area (Å²) in [5.74, 6) is -1.03. The van der Waals surface area contributed by atoms with Crippen molar-refractivity contribution in [3.63, 3.8) is 0 Å². The van der Waals surface area contributed by atoms with Crippen LogP contribution in [0.3, 0.4) is 0 Å². The standard InChI is InChI=1S/C11H10F2OS/c12-7-3-1-4-8(13)10(7)11(14)9-5-2-6-15-9/h1,3-4,9H,2,5-6H2. The maximum atomic E-state index is 13.3. The summed E-state index contributed by atoms with van der Waals surface area (Å²) in [5.41, 5.74) is -0.378. The van der Waals surface area contributed by atoms with E-state index >= 15 is 0 Å². The second-order valence-electron chi connectivity index (χ2n) is 3.46. The monoisotopic (exact) mass is 228 g/mol. The lowest BCUT2D eigenvalue weighted by Gasteiger charge is -2.08. The van der Waals surface area contributed by atoms with Crippen LogP contribution in [0.15, 0.2) is 18.2 Å². The highest BCUT2D eigenvalue weighted by Gasteiger charge is 2.28. The molecule has 15 heavy (non-hydrogen) atoms. The number of hydrogen-bond acceptors (Lipinski definition) is 2. The van der Waals surface area contributed by atoms with Crippen LogP contribution in [-0.2, 0) is 0 Å². The van der Waals surface area contributed by atoms with Gasteiger partial charge in [-0.3, -0.25) is 4.79 Å². The molecule has 1 unspecified atom stereocenters. The molecule has 0 spiro atoms. The Morgan fingerprint density at radius 2 is 2.00 bits per heavy atom. The molecule has 0 aliphatic carbocycles. The average Bonchev–Trinajstić information content (AvgIpc) is 2.69. The first-order chi connectivity index (χ1) is 7.20. The Morgan fingerprint density at radius 3 is 2.53 bits per heavy atom. The lowest BCUT2D eigenvalue weighted by molar-refractivity contribution is 0.0980. The lowest BCUT2D eigenvalue weighted by Crippen LogP contribution is -2.17. The summed E-state index contributed by atoms with van der Waals surface area (Å²) in [6.07, 6.45) is 1.66. The van der Waals surface area contributed by atoms with Crippen LogP contribution in [0.4, 0.5) is 8.78 Å². The van der Waals surface area contributed by atoms with Crippen molar-refractivity contribution in [3.8, 4) is 0 Å². The molecule has 0 saturated carbocycles. The largest absolute Gasteiger partial charge is 0.293 e. The summed E-state index contributed by atoms with van der Waals surface area (Å²) in [6.45, 7) is 0. The van der Waals surface area contributed by atoms with E-state index in [0.29, 0.717) is 0 Å². The first kappa shape index (κ1) is 10.6. The van der Waals surface area contributed by atoms with Crippen LogP contribution >= 0.6 is 11.8 Å². The Balaban J connectivity index is 2.32. The van der Waals surface area contributed by atoms with Gasteiger partial charge in [-0.2, -0.15) is 11.8 Å². The summed E-state index contributed by atoms with van der Waals surface area (Å²) in [6, 6.07) is 3.51. The summed E-state index contributed by atoms with van der Waals surface area (Å²) in [5, 5.41) is -0.267. The quantitative estimate of drug-likeness (QED) is 0.724. The lowest BCUT2D eigenvalue weighted by atomic mass is 10.0. The molecule has 0 amide bonds. The zero-order valence-corrected chi connectivity index (χ0v) is 8.82. The molecule has 1 aliphatic heterocycles. The molecule has 80 valence electrons. The highest BCUT2D eigenvalue weighted by atomic mass is 32.2. The minimum Gasteiger partial charge on any atom is -0.293 e. The Kier molecular flexibility index (Phi) is 3.05. The Hall–Kier alpha value is -0.900. The minimum atomic E-state index is -0.757. The summed E-state index contributed by atoms with van der Waals surface area (Å²) in [7, 11) is 0. The van der Waals surface area contributed by atoms with Gasteiger partial charge in [0.2, 0.25) is 0 Å². The van der Waals surface area contributed by atoms with E-state index in [1.807, 2.05) is 0 Å². The number of carbonyl (C=O) groups excluding carboxylic acids is 1. The zero-order chi connectivity index (χ0) is 10.8. The molecular weight excluding hydrogens is 218 g/mol. The highest BCUT2D eigenvalue weighted by molar-refractivity contribution is 8.00. The van der Waals surface area contributed by atoms with Gasteiger partial charge in [0.25, 0.3) is 0 Å². The van der Waals surface area contributed by atoms with Gasteiger partial charge in [-0.15, -0.1) is 0 Å². The van der Waals surface area contributed by atoms with Gasteiger partial charge in [0.05, 0.1) is 10.8 Å². The molecule has 1 fully saturated rings. The fourth-order valence-corrected chi connectivity index (χ4v) is 2.90. The van der Waals surface area contributed by atoms with Crippen molar-refractivity contribution in [3.05, 3.63) is 35.4 Å². The molecule has 1 aromatic carbocycles. The predicted octanol–water partition coefficient (Wildman–Crippen LogP) is 3.04. The third-order valence-electron chi connectivity index (χ3n) is 2.43. The van der Waals surface area contributed by atoms with Gasteiger partial charge in [0.15, 0.2) is 5.78 Å². The number of Topliss-reactive ketones (excluding diaryl/α,β-unsaturated/α-hetero) is 1. The summed E-state index contributed by atoms with van der Waals surface area (Å²) >= 11 is 1.48. The highest BCUT2D eigenvalue weighted by Crippen LogP contribution is 2.30. The van der Waals surface area contributed by atoms with Crippen LogP contribution in [0.5, 0.6) is 0 Å². The van der Waals surface area contributed by atoms with E-state index < -0.39 is 17.4 Å². The van der Waals surface area contributed by atoms with E-state index in [4.69, 9.17) is 0 Å². The topological polar surface area (TPSA) is 17.1 Å². The maximum Gasteiger partial charge on any atom is 0.181 e. The van der Waals surface area contributed by atoms with E-state index in [9.17, 15) is 13.6 Å². The molecule has 4 heteroatoms. The van der Waals surface area contributed by atoms with E-state index in [1.54, 1.807) is 0 Å². The molecule has 1 saturated heterocycles. The summed E-state index contributed by atoms with van der Waals surface area (Å²) in [4.78, 5) is 11.8. The molecule has 1 heterocycles. The van der Waals surface area contributed by atoms with Gasteiger partial charge in [-0.05, 0) is 30.7 Å². The molecule has 0 N–H and O–H groups in total. The van der Waals surface area contributed by atoms with Crippen LogP contribution in [0.1, 0.15) is 23.2 Å². The van der Waals surface area contributed by atoms with Gasteiger partial charge >= 0.3 is 0 Å². The number of hydrogen-bond donors (Lipinski definition) is 0. The second kappa shape index (κ2) is 4.31. The molecule has 0 aromatic heterocycles. The molecule has 0 bridgehead atoms. The molecule has 1 aliphatic rings. The minimum absolute atomic E-state index is 0.267. The molecule has 1 atom stereocenters. The maximum absolute atomic E-state index is 13.3. The summed E-state index contributed by atoms with van der Waals surface area (Å²) < 4.78 is 26.6. The van der Waals surface area contributed by atoms with Crippen LogP contribution in [-0.4, -0.2) is 16.8 Å². The molecule has 1 nitrogen and oxygen atoms in total. The Labute approximate surface area is 90.9 Å². The Bertz CT molecular complexity index is 366. The van der Waals surface area contributed by atoms with E-state index in [-0.39, 0.29) is 10.8 Å². The van der Waals surface area contributed by atoms with Gasteiger partial charge < -0.3 is 0 Å². The fraction of sp³-hybridized carbons (Fsp3) is 0.364. The molecular formula is C11H10F2OS. The van der Waals surface area contributed by atoms with Crippen molar-refractivity contribution in [2.24, 2.45) is 0 Å². The SMILES string of the molecule is O=C(c1c(F)cccc1F)C1CCCS1. The number of carbonyl (C=O) groups is 1. The van der Waals surface area contributed by atoms with E-state index in [1.165, 1.54) is 17.8 Å². The van der Waals surface area contributed by atoms with E-state index in [2.05, 4.69) is 0 Å². The number of halogens is 2. The van der Waals surface area contributed by atoms with Crippen molar-refractivity contribution in [2.45, 2.75) is 18.1 Å². The number of thioether (sulfide) groups is 1. The van der Waals surface area contributed by atoms with Crippen molar-refractivity contribution < 1.29 is 13.6 Å². The first-order valence-corrected chi connectivity index (χ1v) is 5.85. The van der Waals surface area contributed by atoms with E-state index in [0.717, 1.165) is 30.7 Å². The van der Waals surface area contributed by atoms with Gasteiger partial charge in [-0.25, -0.2) is 8.78 Å². The van der Waals surface area contributed by atoms with Crippen molar-refractivity contribution in [1.82, 2.24) is 0 Å². The molecule has 0 radical (unpaired) electrons. The third kappa shape index (κ3) is 2.04. The van der Waals surface area contributed by atoms with Crippen molar-refractivity contribution in [2.75, 3.05) is 5.75 Å². The van der Waals surface area contributed by atoms with Crippen molar-refractivity contribution >= 4 is 17.5 Å². The molecule has 1 aromatic rings. The zero-order valence-electron chi connectivity index (χ0n) is 8.00. The van der Waals surface area contributed by atoms with Crippen LogP contribution < -0.4 is 0 Å². The third-order valence-corrected chi connectivity index (χ3v) is 3.81. The predicted molar refractivity (Wildman–Crippen MR) is 56.2 cm³/mol. The Morgan fingerprint density at radius 1 is 1.33 bits per heavy atom. The van der Waals surface area contributed by atoms with Gasteiger partial charge in [-0.1, -0.05) is 6.07 Å². The number of ketones is 1. The fourth-order valence-electron chi connectivity index (χ4n) is 1.68. The smallest absolute Gasteiger partial charge is 0.181 e. The first-order valence-electron chi connectivity index (χ1n) is 4.80. The van der Waals surface area contributed by atoms with Gasteiger partial charge in [0.1, 0.15) is 11.6 Å². The normalized spacial score (nSPS) is 20.5. The van der Waals surface area contributed by atoms with Crippen molar-refractivity contribution in [1.29, 1.82) is 0 Å². The number of rotatable bonds is 2. The van der Waals surface area contributed by atoms with Crippen LogP contribution in [0.25, 0.3) is 0 Å². The number of benzene rings is 1. The van der Waals surface area contributed by atoms with Crippen LogP contribution in [0.2, 0.25) is 0 Å². The molecule has 2 rings (SSSR count).